The lowest BCUT2D eigenvalue weighted by molar-refractivity contribution is 0.806. The third kappa shape index (κ3) is 8.40. The number of hydrogen-bond donors (Lipinski definition) is 1. The Balaban J connectivity index is 2.77. The van der Waals surface area contributed by atoms with E-state index in [1.807, 2.05) is 28.5 Å². The zero-order valence-electron chi connectivity index (χ0n) is 6.59. The van der Waals surface area contributed by atoms with Gasteiger partial charge in [-0.3, -0.25) is 0 Å². The summed E-state index contributed by atoms with van der Waals surface area (Å²) in [5.74, 6) is 1.19. The lowest BCUT2D eigenvalue weighted by Gasteiger charge is -1.97. The van der Waals surface area contributed by atoms with Gasteiger partial charge in [-0.1, -0.05) is 33.7 Å². The molecule has 0 amide bonds. The van der Waals surface area contributed by atoms with E-state index in [2.05, 4.69) is 23.7 Å². The molecule has 0 saturated heterocycles. The van der Waals surface area contributed by atoms with Crippen LogP contribution in [0.5, 0.6) is 0 Å². The van der Waals surface area contributed by atoms with Crippen LogP contribution in [0, 0.1) is 0 Å². The first kappa shape index (κ1) is 10.4. The minimum absolute atomic E-state index is 1.01. The Hall–Kier alpha value is 0.400. The monoisotopic (exact) mass is 177 g/mol. The number of nitrogens with one attached hydrogen (secondary N) is 1. The molecule has 0 rings (SSSR count). The minimum atomic E-state index is 1.01. The van der Waals surface area contributed by atoms with Gasteiger partial charge >= 0.3 is 0 Å². The second kappa shape index (κ2) is 9.40. The second-order valence-corrected chi connectivity index (χ2v) is 4.45. The average Bonchev–Trinajstić information content (AvgIpc) is 1.97. The minimum Gasteiger partial charge on any atom is -0.312 e. The van der Waals surface area contributed by atoms with Gasteiger partial charge in [0.25, 0.3) is 0 Å². The molecule has 0 unspecified atom stereocenters. The van der Waals surface area contributed by atoms with E-state index in [4.69, 9.17) is 0 Å². The summed E-state index contributed by atoms with van der Waals surface area (Å²) in [7, 11) is 3.72. The molecule has 0 fully saturated rings. The van der Waals surface area contributed by atoms with Gasteiger partial charge in [0.15, 0.2) is 0 Å². The summed E-state index contributed by atoms with van der Waals surface area (Å²) in [6.07, 6.45) is 6.30. The highest BCUT2D eigenvalue weighted by Gasteiger charge is 1.83. The maximum absolute atomic E-state index is 3.30. The smallest absolute Gasteiger partial charge is 0.0162 e. The van der Waals surface area contributed by atoms with Crippen molar-refractivity contribution in [3.05, 3.63) is 12.2 Å². The van der Waals surface area contributed by atoms with Gasteiger partial charge in [-0.2, -0.15) is 0 Å². The lowest BCUT2D eigenvalue weighted by Crippen LogP contribution is -2.16. The normalized spacial score (nSPS) is 11.0. The maximum atomic E-state index is 3.30. The molecule has 0 aliphatic rings. The molecule has 0 aromatic carbocycles. The molecule has 0 bridgehead atoms. The summed E-state index contributed by atoms with van der Waals surface area (Å²) in [6, 6.07) is 0. The molecule has 0 aromatic heterocycles. The van der Waals surface area contributed by atoms with E-state index >= 15 is 0 Å². The van der Waals surface area contributed by atoms with E-state index in [0.29, 0.717) is 0 Å². The van der Waals surface area contributed by atoms with Gasteiger partial charge in [-0.25, -0.2) is 0 Å². The van der Waals surface area contributed by atoms with Crippen molar-refractivity contribution < 1.29 is 0 Å². The zero-order valence-corrected chi connectivity index (χ0v) is 8.23. The molecule has 0 atom stereocenters. The summed E-state index contributed by atoms with van der Waals surface area (Å²) in [5.41, 5.74) is 0. The topological polar surface area (TPSA) is 12.0 Å². The van der Waals surface area contributed by atoms with Crippen LogP contribution in [0.4, 0.5) is 0 Å². The van der Waals surface area contributed by atoms with Crippen molar-refractivity contribution in [1.29, 1.82) is 0 Å². The van der Waals surface area contributed by atoms with E-state index < -0.39 is 0 Å². The Morgan fingerprint density at radius 3 is 2.90 bits per heavy atom. The molecule has 0 aromatic rings. The fourth-order valence-corrected chi connectivity index (χ4v) is 1.64. The van der Waals surface area contributed by atoms with Gasteiger partial charge in [0.2, 0.25) is 0 Å². The zero-order chi connectivity index (χ0) is 7.66. The van der Waals surface area contributed by atoms with Gasteiger partial charge in [-0.15, -0.1) is 0 Å². The van der Waals surface area contributed by atoms with Crippen LogP contribution in [-0.4, -0.2) is 25.1 Å². The molecule has 0 heterocycles. The molecular formula is C7H15NS2. The highest BCUT2D eigenvalue weighted by Crippen LogP contribution is 2.14. The Kier molecular flexibility index (Phi) is 9.78. The Morgan fingerprint density at radius 1 is 1.50 bits per heavy atom. The van der Waals surface area contributed by atoms with Crippen LogP contribution in [0.3, 0.4) is 0 Å². The van der Waals surface area contributed by atoms with E-state index in [-0.39, 0.29) is 0 Å². The molecule has 0 aliphatic carbocycles. The van der Waals surface area contributed by atoms with Gasteiger partial charge < -0.3 is 5.32 Å². The van der Waals surface area contributed by atoms with Crippen molar-refractivity contribution in [3.63, 3.8) is 0 Å². The van der Waals surface area contributed by atoms with Crippen molar-refractivity contribution in [2.45, 2.75) is 6.92 Å². The van der Waals surface area contributed by atoms with Crippen molar-refractivity contribution in [1.82, 2.24) is 5.32 Å². The van der Waals surface area contributed by atoms with Crippen molar-refractivity contribution in [2.75, 3.05) is 25.1 Å². The molecule has 0 aliphatic heterocycles. The molecular weight excluding hydrogens is 162 g/mol. The van der Waals surface area contributed by atoms with Crippen molar-refractivity contribution in [2.24, 2.45) is 0 Å². The Morgan fingerprint density at radius 2 is 2.30 bits per heavy atom. The van der Waals surface area contributed by atoms with Crippen LogP contribution in [-0.2, 0) is 0 Å². The molecule has 10 heavy (non-hydrogen) atoms. The standard InChI is InChI=1S/C7H15NS2/c1-3-4-5-8-6-7-10-9-2/h3-4,8H,5-7H2,1-2H3/b4-3+. The first-order valence-electron chi connectivity index (χ1n) is 3.39. The van der Waals surface area contributed by atoms with E-state index in [1.54, 1.807) is 0 Å². The van der Waals surface area contributed by atoms with Crippen LogP contribution in [0.15, 0.2) is 12.2 Å². The van der Waals surface area contributed by atoms with Gasteiger partial charge in [0.05, 0.1) is 0 Å². The van der Waals surface area contributed by atoms with Crippen LogP contribution < -0.4 is 5.32 Å². The van der Waals surface area contributed by atoms with E-state index in [9.17, 15) is 0 Å². The molecule has 0 spiro atoms. The molecule has 3 heteroatoms. The van der Waals surface area contributed by atoms with Crippen LogP contribution in [0.25, 0.3) is 0 Å². The number of hydrogen-bond acceptors (Lipinski definition) is 3. The Bertz CT molecular complexity index is 83.7. The quantitative estimate of drug-likeness (QED) is 0.379. The average molecular weight is 177 g/mol. The predicted octanol–water partition coefficient (Wildman–Crippen LogP) is 2.16. The predicted molar refractivity (Wildman–Crippen MR) is 53.7 cm³/mol. The molecule has 1 N–H and O–H groups in total. The Labute approximate surface area is 71.4 Å². The highest BCUT2D eigenvalue weighted by molar-refractivity contribution is 8.76. The van der Waals surface area contributed by atoms with Crippen LogP contribution >= 0.6 is 21.6 Å². The fourth-order valence-electron chi connectivity index (χ4n) is 0.500. The van der Waals surface area contributed by atoms with E-state index in [1.165, 1.54) is 5.75 Å². The summed E-state index contributed by atoms with van der Waals surface area (Å²) in [6.45, 7) is 4.15. The van der Waals surface area contributed by atoms with Crippen molar-refractivity contribution in [3.8, 4) is 0 Å². The first-order chi connectivity index (χ1) is 4.91. The van der Waals surface area contributed by atoms with Crippen molar-refractivity contribution >= 4 is 21.6 Å². The molecule has 1 nitrogen and oxygen atoms in total. The molecule has 0 saturated carbocycles. The SMILES string of the molecule is C/C=C/CNCCSSC. The third-order valence-corrected chi connectivity index (χ3v) is 2.79. The largest absolute Gasteiger partial charge is 0.312 e. The summed E-state index contributed by atoms with van der Waals surface area (Å²) >= 11 is 0. The summed E-state index contributed by atoms with van der Waals surface area (Å²) < 4.78 is 0. The summed E-state index contributed by atoms with van der Waals surface area (Å²) in [5, 5.41) is 3.30. The molecule has 0 radical (unpaired) electrons. The summed E-state index contributed by atoms with van der Waals surface area (Å²) in [4.78, 5) is 0. The van der Waals surface area contributed by atoms with E-state index in [0.717, 1.165) is 13.1 Å². The maximum Gasteiger partial charge on any atom is 0.0162 e. The fraction of sp³-hybridized carbons (Fsp3) is 0.714. The van der Waals surface area contributed by atoms with Crippen LogP contribution in [0.2, 0.25) is 0 Å². The van der Waals surface area contributed by atoms with Crippen LogP contribution in [0.1, 0.15) is 6.92 Å². The number of rotatable bonds is 6. The first-order valence-corrected chi connectivity index (χ1v) is 6.12. The lowest BCUT2D eigenvalue weighted by atomic mass is 10.5. The number of allylic oxidation sites excluding steroid dienone is 1. The third-order valence-electron chi connectivity index (χ3n) is 0.978. The van der Waals surface area contributed by atoms with Gasteiger partial charge in [0, 0.05) is 18.8 Å². The van der Waals surface area contributed by atoms with Gasteiger partial charge in [-0.05, 0) is 13.2 Å². The molecule has 60 valence electrons. The second-order valence-electron chi connectivity index (χ2n) is 1.76. The highest BCUT2D eigenvalue weighted by atomic mass is 33.1. The van der Waals surface area contributed by atoms with Gasteiger partial charge in [0.1, 0.15) is 0 Å².